The van der Waals surface area contributed by atoms with Crippen LogP contribution in [0.4, 0.5) is 13.2 Å². The molecule has 1 N–H and O–H groups in total. The first-order chi connectivity index (χ1) is 14.9. The summed E-state index contributed by atoms with van der Waals surface area (Å²) >= 11 is 0. The van der Waals surface area contributed by atoms with E-state index in [1.54, 1.807) is 0 Å². The predicted octanol–water partition coefficient (Wildman–Crippen LogP) is 2.44. The van der Waals surface area contributed by atoms with Crippen LogP contribution in [0.15, 0.2) is 24.3 Å². The van der Waals surface area contributed by atoms with Gasteiger partial charge in [-0.1, -0.05) is 0 Å². The second-order valence-electron chi connectivity index (χ2n) is 7.44. The lowest BCUT2D eigenvalue weighted by Gasteiger charge is -2.30. The van der Waals surface area contributed by atoms with Crippen molar-refractivity contribution in [3.8, 4) is 5.69 Å². The molecule has 0 aliphatic carbocycles. The van der Waals surface area contributed by atoms with E-state index in [1.165, 1.54) is 16.8 Å². The van der Waals surface area contributed by atoms with Crippen LogP contribution in [0.1, 0.15) is 37.6 Å². The molecule has 1 saturated heterocycles. The Morgan fingerprint density at radius 3 is 2.58 bits per heavy atom. The number of rotatable bonds is 9. The van der Waals surface area contributed by atoms with Gasteiger partial charge in [0.05, 0.1) is 17.8 Å². The highest BCUT2D eigenvalue weighted by Gasteiger charge is 2.30. The lowest BCUT2D eigenvalue weighted by Crippen LogP contribution is -2.40. The fraction of sp³-hybridized carbons (Fsp3) is 0.600. The summed E-state index contributed by atoms with van der Waals surface area (Å²) in [6.45, 7) is 5.76. The lowest BCUT2D eigenvalue weighted by molar-refractivity contribution is -0.137. The van der Waals surface area contributed by atoms with Crippen molar-refractivity contribution in [3.63, 3.8) is 0 Å². The first kappa shape index (κ1) is 23.1. The number of ether oxygens (including phenoxy) is 1. The maximum absolute atomic E-state index is 12.8. The van der Waals surface area contributed by atoms with Crippen LogP contribution in [0.5, 0.6) is 0 Å². The Morgan fingerprint density at radius 2 is 1.94 bits per heavy atom. The second kappa shape index (κ2) is 10.7. The predicted molar refractivity (Wildman–Crippen MR) is 106 cm³/mol. The molecule has 0 unspecified atom stereocenters. The van der Waals surface area contributed by atoms with Crippen LogP contribution in [0.3, 0.4) is 0 Å². The minimum Gasteiger partial charge on any atom is -0.382 e. The van der Waals surface area contributed by atoms with Gasteiger partial charge in [0, 0.05) is 25.7 Å². The Labute approximate surface area is 178 Å². The number of carbonyl (C=O) groups is 1. The van der Waals surface area contributed by atoms with Crippen LogP contribution in [0, 0.1) is 5.92 Å². The summed E-state index contributed by atoms with van der Waals surface area (Å²) in [6.07, 6.45) is -2.12. The molecule has 1 aliphatic rings. The van der Waals surface area contributed by atoms with E-state index in [0.29, 0.717) is 37.8 Å². The molecule has 3 rings (SSSR count). The molecule has 1 fully saturated rings. The molecular formula is C20H27F3N6O2. The summed E-state index contributed by atoms with van der Waals surface area (Å²) in [7, 11) is 0. The number of halogens is 3. The van der Waals surface area contributed by atoms with E-state index in [-0.39, 0.29) is 11.8 Å². The quantitative estimate of drug-likeness (QED) is 0.603. The zero-order valence-corrected chi connectivity index (χ0v) is 17.4. The zero-order chi connectivity index (χ0) is 22.3. The summed E-state index contributed by atoms with van der Waals surface area (Å²) in [5.74, 6) is 0.596. The van der Waals surface area contributed by atoms with E-state index in [2.05, 4.69) is 25.7 Å². The van der Waals surface area contributed by atoms with Gasteiger partial charge in [0.2, 0.25) is 5.91 Å². The van der Waals surface area contributed by atoms with Gasteiger partial charge in [-0.05, 0) is 74.0 Å². The molecule has 1 aromatic heterocycles. The van der Waals surface area contributed by atoms with Gasteiger partial charge < -0.3 is 10.1 Å². The maximum atomic E-state index is 12.8. The molecule has 2 aromatic rings. The number of hydrogen-bond donors (Lipinski definition) is 1. The van der Waals surface area contributed by atoms with Crippen molar-refractivity contribution < 1.29 is 22.7 Å². The fourth-order valence-electron chi connectivity index (χ4n) is 3.52. The van der Waals surface area contributed by atoms with Crippen molar-refractivity contribution >= 4 is 5.91 Å². The SMILES string of the molecule is CCOCCCNC(=O)C1CCN(Cc2nnnn2-c2ccc(C(F)(F)F)cc2)CC1. The Kier molecular flexibility index (Phi) is 7.97. The Balaban J connectivity index is 1.49. The molecular weight excluding hydrogens is 413 g/mol. The lowest BCUT2D eigenvalue weighted by atomic mass is 9.96. The molecule has 31 heavy (non-hydrogen) atoms. The molecule has 0 radical (unpaired) electrons. The molecule has 11 heteroatoms. The summed E-state index contributed by atoms with van der Waals surface area (Å²) in [5.41, 5.74) is -0.251. The Hall–Kier alpha value is -2.53. The first-order valence-corrected chi connectivity index (χ1v) is 10.4. The standard InChI is InChI=1S/C20H27F3N6O2/c1-2-31-13-3-10-24-19(30)15-8-11-28(12-9-15)14-18-25-26-27-29(18)17-6-4-16(5-7-17)20(21,22)23/h4-7,15H,2-3,8-14H2,1H3,(H,24,30). The number of benzene rings is 1. The zero-order valence-electron chi connectivity index (χ0n) is 17.4. The highest BCUT2D eigenvalue weighted by molar-refractivity contribution is 5.78. The van der Waals surface area contributed by atoms with Crippen LogP contribution in [-0.4, -0.2) is 63.9 Å². The van der Waals surface area contributed by atoms with E-state index in [1.807, 2.05) is 6.92 Å². The van der Waals surface area contributed by atoms with Crippen molar-refractivity contribution in [1.82, 2.24) is 30.4 Å². The van der Waals surface area contributed by atoms with Crippen molar-refractivity contribution in [2.24, 2.45) is 5.92 Å². The topological polar surface area (TPSA) is 85.2 Å². The second-order valence-corrected chi connectivity index (χ2v) is 7.44. The molecule has 1 aromatic carbocycles. The van der Waals surface area contributed by atoms with E-state index < -0.39 is 11.7 Å². The van der Waals surface area contributed by atoms with Crippen LogP contribution in [0.25, 0.3) is 5.69 Å². The molecule has 2 heterocycles. The van der Waals surface area contributed by atoms with Gasteiger partial charge in [0.1, 0.15) is 0 Å². The molecule has 1 aliphatic heterocycles. The first-order valence-electron chi connectivity index (χ1n) is 10.4. The third-order valence-corrected chi connectivity index (χ3v) is 5.27. The van der Waals surface area contributed by atoms with E-state index in [9.17, 15) is 18.0 Å². The number of nitrogens with zero attached hydrogens (tertiary/aromatic N) is 5. The van der Waals surface area contributed by atoms with Crippen molar-refractivity contribution in [1.29, 1.82) is 0 Å². The molecule has 170 valence electrons. The number of tetrazole rings is 1. The van der Waals surface area contributed by atoms with Crippen molar-refractivity contribution in [3.05, 3.63) is 35.7 Å². The minimum absolute atomic E-state index is 0.0192. The average molecular weight is 440 g/mol. The van der Waals surface area contributed by atoms with E-state index >= 15 is 0 Å². The third kappa shape index (κ3) is 6.47. The van der Waals surface area contributed by atoms with Gasteiger partial charge in [-0.15, -0.1) is 5.10 Å². The van der Waals surface area contributed by atoms with Gasteiger partial charge in [-0.3, -0.25) is 9.69 Å². The number of piperidine rings is 1. The Bertz CT molecular complexity index is 832. The third-order valence-electron chi connectivity index (χ3n) is 5.27. The number of nitrogens with one attached hydrogen (secondary N) is 1. The number of amides is 1. The number of likely N-dealkylation sites (tertiary alicyclic amines) is 1. The monoisotopic (exact) mass is 440 g/mol. The highest BCUT2D eigenvalue weighted by Crippen LogP contribution is 2.29. The number of carbonyl (C=O) groups excluding carboxylic acids is 1. The van der Waals surface area contributed by atoms with Gasteiger partial charge in [0.15, 0.2) is 5.82 Å². The fourth-order valence-corrected chi connectivity index (χ4v) is 3.52. The summed E-state index contributed by atoms with van der Waals surface area (Å²) in [4.78, 5) is 14.4. The number of alkyl halides is 3. The van der Waals surface area contributed by atoms with Crippen molar-refractivity contribution in [2.45, 2.75) is 38.9 Å². The molecule has 0 saturated carbocycles. The van der Waals surface area contributed by atoms with Crippen LogP contribution in [-0.2, 0) is 22.3 Å². The van der Waals surface area contributed by atoms with Gasteiger partial charge in [-0.2, -0.15) is 17.9 Å². The molecule has 1 amide bonds. The summed E-state index contributed by atoms with van der Waals surface area (Å²) < 4.78 is 45.0. The summed E-state index contributed by atoms with van der Waals surface area (Å²) in [6, 6.07) is 4.73. The molecule has 8 nitrogen and oxygen atoms in total. The molecule has 0 atom stereocenters. The van der Waals surface area contributed by atoms with Gasteiger partial charge in [-0.25, -0.2) is 0 Å². The maximum Gasteiger partial charge on any atom is 0.416 e. The van der Waals surface area contributed by atoms with E-state index in [4.69, 9.17) is 4.74 Å². The van der Waals surface area contributed by atoms with Crippen LogP contribution >= 0.6 is 0 Å². The number of hydrogen-bond acceptors (Lipinski definition) is 6. The minimum atomic E-state index is -4.39. The summed E-state index contributed by atoms with van der Waals surface area (Å²) in [5, 5.41) is 14.6. The smallest absolute Gasteiger partial charge is 0.382 e. The van der Waals surface area contributed by atoms with Gasteiger partial charge >= 0.3 is 6.18 Å². The molecule has 0 bridgehead atoms. The van der Waals surface area contributed by atoms with Gasteiger partial charge in [0.25, 0.3) is 0 Å². The number of aromatic nitrogens is 4. The van der Waals surface area contributed by atoms with Crippen LogP contribution in [0.2, 0.25) is 0 Å². The van der Waals surface area contributed by atoms with E-state index in [0.717, 1.165) is 44.5 Å². The van der Waals surface area contributed by atoms with Crippen molar-refractivity contribution in [2.75, 3.05) is 32.8 Å². The normalized spacial score (nSPS) is 15.9. The molecule has 0 spiro atoms. The van der Waals surface area contributed by atoms with Crippen LogP contribution < -0.4 is 5.32 Å². The average Bonchev–Trinajstić information content (AvgIpc) is 3.21. The largest absolute Gasteiger partial charge is 0.416 e. The Morgan fingerprint density at radius 1 is 1.23 bits per heavy atom. The highest BCUT2D eigenvalue weighted by atomic mass is 19.4.